The van der Waals surface area contributed by atoms with Gasteiger partial charge in [0.2, 0.25) is 0 Å². The quantitative estimate of drug-likeness (QED) is 0.443. The summed E-state index contributed by atoms with van der Waals surface area (Å²) in [6.07, 6.45) is 0.613. The van der Waals surface area contributed by atoms with Crippen LogP contribution in [0.5, 0.6) is 5.75 Å². The summed E-state index contributed by atoms with van der Waals surface area (Å²) in [4.78, 5) is 10.3. The van der Waals surface area contributed by atoms with E-state index in [1.807, 2.05) is 7.05 Å². The first-order chi connectivity index (χ1) is 10.2. The first-order valence-corrected chi connectivity index (χ1v) is 6.84. The zero-order valence-corrected chi connectivity index (χ0v) is 12.2. The molecule has 1 N–H and O–H groups in total. The molecule has 0 amide bonds. The summed E-state index contributed by atoms with van der Waals surface area (Å²) in [7, 11) is 3.50. The topological polar surface area (TPSA) is 82.9 Å². The largest absolute Gasteiger partial charge is 0.487 e. The molecule has 116 valence electrons. The van der Waals surface area contributed by atoms with Gasteiger partial charge in [-0.1, -0.05) is 6.07 Å². The summed E-state index contributed by atoms with van der Waals surface area (Å²) < 4.78 is 16.5. The van der Waals surface area contributed by atoms with Crippen LogP contribution in [0.2, 0.25) is 0 Å². The monoisotopic (exact) mass is 296 g/mol. The zero-order chi connectivity index (χ0) is 15.2. The fourth-order valence-electron chi connectivity index (χ4n) is 2.32. The van der Waals surface area contributed by atoms with Crippen molar-refractivity contribution in [2.45, 2.75) is 24.7 Å². The van der Waals surface area contributed by atoms with Crippen molar-refractivity contribution in [1.29, 1.82) is 0 Å². The molecule has 3 atom stereocenters. The van der Waals surface area contributed by atoms with E-state index >= 15 is 0 Å². The Morgan fingerprint density at radius 2 is 2.24 bits per heavy atom. The highest BCUT2D eigenvalue weighted by atomic mass is 16.6. The second-order valence-electron chi connectivity index (χ2n) is 4.87. The highest BCUT2D eigenvalue weighted by Crippen LogP contribution is 2.30. The Bertz CT molecular complexity index is 482. The third-order valence-electron chi connectivity index (χ3n) is 3.53. The van der Waals surface area contributed by atoms with E-state index in [1.165, 1.54) is 12.1 Å². The average Bonchev–Trinajstić information content (AvgIpc) is 2.47. The van der Waals surface area contributed by atoms with Crippen LogP contribution < -0.4 is 10.1 Å². The summed E-state index contributed by atoms with van der Waals surface area (Å²) in [5.41, 5.74) is 0.0221. The van der Waals surface area contributed by atoms with E-state index in [-0.39, 0.29) is 23.9 Å². The number of hydrogen-bond donors (Lipinski definition) is 1. The van der Waals surface area contributed by atoms with Crippen LogP contribution in [0.4, 0.5) is 5.69 Å². The minimum absolute atomic E-state index is 0.0221. The minimum atomic E-state index is -0.434. The summed E-state index contributed by atoms with van der Waals surface area (Å²) in [6.45, 7) is 1.02. The lowest BCUT2D eigenvalue weighted by molar-refractivity contribution is -0.385. The van der Waals surface area contributed by atoms with Crippen LogP contribution in [0, 0.1) is 10.1 Å². The van der Waals surface area contributed by atoms with E-state index < -0.39 is 4.92 Å². The molecule has 7 heteroatoms. The maximum Gasteiger partial charge on any atom is 0.273 e. The maximum absolute atomic E-state index is 10.8. The van der Waals surface area contributed by atoms with Crippen LogP contribution in [0.15, 0.2) is 24.3 Å². The van der Waals surface area contributed by atoms with E-state index in [9.17, 15) is 10.1 Å². The SMILES string of the molecule is CNC1CC(Oc2cccc([N+](=O)[O-])c2)C1OCCOC. The van der Waals surface area contributed by atoms with Gasteiger partial charge >= 0.3 is 0 Å². The number of methoxy groups -OCH3 is 1. The van der Waals surface area contributed by atoms with Gasteiger partial charge in [-0.25, -0.2) is 0 Å². The third kappa shape index (κ3) is 3.90. The summed E-state index contributed by atoms with van der Waals surface area (Å²) in [5.74, 6) is 0.490. The number of rotatable bonds is 8. The van der Waals surface area contributed by atoms with Crippen molar-refractivity contribution in [2.75, 3.05) is 27.4 Å². The Balaban J connectivity index is 1.95. The van der Waals surface area contributed by atoms with Crippen LogP contribution >= 0.6 is 0 Å². The van der Waals surface area contributed by atoms with Gasteiger partial charge in [0.1, 0.15) is 18.0 Å². The number of benzene rings is 1. The zero-order valence-electron chi connectivity index (χ0n) is 12.2. The number of nitro benzene ring substituents is 1. The number of hydrogen-bond acceptors (Lipinski definition) is 6. The predicted octanol–water partition coefficient (Wildman–Crippen LogP) is 1.37. The summed E-state index contributed by atoms with van der Waals surface area (Å²) in [5, 5.41) is 13.9. The van der Waals surface area contributed by atoms with E-state index in [2.05, 4.69) is 5.32 Å². The molecule has 0 heterocycles. The molecule has 0 bridgehead atoms. The second kappa shape index (κ2) is 7.35. The Morgan fingerprint density at radius 3 is 2.90 bits per heavy atom. The molecule has 0 radical (unpaired) electrons. The van der Waals surface area contributed by atoms with Gasteiger partial charge in [-0.2, -0.15) is 0 Å². The molecule has 0 aromatic heterocycles. The van der Waals surface area contributed by atoms with Crippen molar-refractivity contribution in [3.63, 3.8) is 0 Å². The fourth-order valence-corrected chi connectivity index (χ4v) is 2.32. The molecule has 2 rings (SSSR count). The smallest absolute Gasteiger partial charge is 0.273 e. The van der Waals surface area contributed by atoms with Gasteiger partial charge in [0, 0.05) is 25.6 Å². The predicted molar refractivity (Wildman–Crippen MR) is 76.6 cm³/mol. The molecule has 1 aliphatic carbocycles. The van der Waals surface area contributed by atoms with Crippen molar-refractivity contribution in [2.24, 2.45) is 0 Å². The van der Waals surface area contributed by atoms with Gasteiger partial charge < -0.3 is 19.5 Å². The van der Waals surface area contributed by atoms with Gasteiger partial charge in [0.25, 0.3) is 5.69 Å². The molecule has 1 fully saturated rings. The van der Waals surface area contributed by atoms with Crippen LogP contribution in [-0.2, 0) is 9.47 Å². The van der Waals surface area contributed by atoms with Crippen LogP contribution in [-0.4, -0.2) is 50.5 Å². The molecule has 3 unspecified atom stereocenters. The van der Waals surface area contributed by atoms with Crippen molar-refractivity contribution in [1.82, 2.24) is 5.32 Å². The molecule has 1 aromatic rings. The summed E-state index contributed by atoms with van der Waals surface area (Å²) >= 11 is 0. The minimum Gasteiger partial charge on any atom is -0.487 e. The van der Waals surface area contributed by atoms with E-state index in [4.69, 9.17) is 14.2 Å². The number of non-ortho nitro benzene ring substituents is 1. The number of ether oxygens (including phenoxy) is 3. The first kappa shape index (κ1) is 15.7. The molecule has 21 heavy (non-hydrogen) atoms. The van der Waals surface area contributed by atoms with Crippen molar-refractivity contribution in [3.05, 3.63) is 34.4 Å². The van der Waals surface area contributed by atoms with Gasteiger partial charge in [0.05, 0.1) is 24.2 Å². The van der Waals surface area contributed by atoms with Gasteiger partial charge in [0.15, 0.2) is 0 Å². The van der Waals surface area contributed by atoms with Gasteiger partial charge in [-0.15, -0.1) is 0 Å². The number of nitrogens with one attached hydrogen (secondary N) is 1. The Labute approximate surface area is 123 Å². The maximum atomic E-state index is 10.8. The number of likely N-dealkylation sites (N-methyl/N-ethyl adjacent to an activating group) is 1. The Kier molecular flexibility index (Phi) is 5.49. The lowest BCUT2D eigenvalue weighted by Gasteiger charge is -2.43. The molecule has 1 aliphatic rings. The fraction of sp³-hybridized carbons (Fsp3) is 0.571. The normalized spacial score (nSPS) is 24.4. The van der Waals surface area contributed by atoms with E-state index in [0.29, 0.717) is 19.0 Å². The Morgan fingerprint density at radius 1 is 1.43 bits per heavy atom. The highest BCUT2D eigenvalue weighted by Gasteiger charge is 2.43. The van der Waals surface area contributed by atoms with E-state index in [1.54, 1.807) is 19.2 Å². The Hall–Kier alpha value is -1.70. The van der Waals surface area contributed by atoms with Crippen molar-refractivity contribution < 1.29 is 19.1 Å². The van der Waals surface area contributed by atoms with Crippen LogP contribution in [0.3, 0.4) is 0 Å². The summed E-state index contributed by atoms with van der Waals surface area (Å²) in [6, 6.07) is 6.43. The number of nitrogens with zero attached hydrogens (tertiary/aromatic N) is 1. The molecule has 1 aromatic carbocycles. The lowest BCUT2D eigenvalue weighted by Crippen LogP contribution is -2.60. The van der Waals surface area contributed by atoms with Crippen molar-refractivity contribution >= 4 is 5.69 Å². The molecule has 0 spiro atoms. The molecule has 1 saturated carbocycles. The molecule has 7 nitrogen and oxygen atoms in total. The highest BCUT2D eigenvalue weighted by molar-refractivity contribution is 5.38. The first-order valence-electron chi connectivity index (χ1n) is 6.84. The molecule has 0 aliphatic heterocycles. The van der Waals surface area contributed by atoms with Crippen molar-refractivity contribution in [3.8, 4) is 5.75 Å². The standard InChI is InChI=1S/C14H20N2O5/c1-15-12-9-13(14(12)20-7-6-19-2)21-11-5-3-4-10(8-11)16(17)18/h3-5,8,12-15H,6-7,9H2,1-2H3. The van der Waals surface area contributed by atoms with E-state index in [0.717, 1.165) is 6.42 Å². The van der Waals surface area contributed by atoms with Crippen LogP contribution in [0.1, 0.15) is 6.42 Å². The molecule has 0 saturated heterocycles. The van der Waals surface area contributed by atoms with Gasteiger partial charge in [-0.3, -0.25) is 10.1 Å². The van der Waals surface area contributed by atoms with Crippen LogP contribution in [0.25, 0.3) is 0 Å². The molecular formula is C14H20N2O5. The average molecular weight is 296 g/mol. The van der Waals surface area contributed by atoms with Gasteiger partial charge in [-0.05, 0) is 13.1 Å². The number of nitro groups is 1. The third-order valence-corrected chi connectivity index (χ3v) is 3.53. The molecular weight excluding hydrogens is 276 g/mol. The lowest BCUT2D eigenvalue weighted by atomic mass is 9.85. The second-order valence-corrected chi connectivity index (χ2v) is 4.87.